The summed E-state index contributed by atoms with van der Waals surface area (Å²) in [5.74, 6) is 2.61. The molecule has 37 heavy (non-hydrogen) atoms. The number of ether oxygens (including phenoxy) is 3. The van der Waals surface area contributed by atoms with Crippen molar-refractivity contribution in [2.24, 2.45) is 5.41 Å². The van der Waals surface area contributed by atoms with Gasteiger partial charge in [0.25, 0.3) is 23.1 Å². The van der Waals surface area contributed by atoms with E-state index < -0.39 is 0 Å². The van der Waals surface area contributed by atoms with Crippen molar-refractivity contribution in [3.8, 4) is 11.5 Å². The molecule has 0 bridgehead atoms. The average Bonchev–Trinajstić information content (AvgIpc) is 3.24. The van der Waals surface area contributed by atoms with Crippen LogP contribution in [0, 0.1) is 5.41 Å². The lowest BCUT2D eigenvalue weighted by Crippen LogP contribution is -2.58. The number of hydrogen-bond donors (Lipinski definition) is 0. The second kappa shape index (κ2) is 8.48. The SMILES string of the molecule is CC1(C)C=CC=C(OCC2C3C(COc4cccc5ccc[n+]3c45)Oc3cccc4ccc[n+]2c34)C=C1. The maximum absolute atomic E-state index is 6.78. The van der Waals surface area contributed by atoms with Crippen LogP contribution in [-0.2, 0) is 4.74 Å². The van der Waals surface area contributed by atoms with Crippen LogP contribution in [0.5, 0.6) is 11.5 Å². The summed E-state index contributed by atoms with van der Waals surface area (Å²) in [5, 5.41) is 2.29. The Hall–Kier alpha value is -4.12. The van der Waals surface area contributed by atoms with Crippen LogP contribution in [0.15, 0.2) is 109 Å². The van der Waals surface area contributed by atoms with Gasteiger partial charge in [-0.15, -0.1) is 0 Å². The normalized spacial score (nSPS) is 23.2. The Balaban J connectivity index is 1.40. The molecular formula is C32H30N2O3+2. The summed E-state index contributed by atoms with van der Waals surface area (Å²) in [5.41, 5.74) is 2.16. The van der Waals surface area contributed by atoms with E-state index in [2.05, 4.69) is 120 Å². The minimum absolute atomic E-state index is 0.00399. The van der Waals surface area contributed by atoms with E-state index in [-0.39, 0.29) is 23.6 Å². The standard InChI is InChI=1S/C32H30N2O3/c1-32(2)16-5-12-24(15-17-32)35-20-25-31-28(37-27-14-4-9-23-10-6-18-33(25)30(23)27)21-36-26-13-3-8-22-11-7-19-34(31)29(22)26/h3-19,25,28,31H,20-21H2,1-2H3/q+2. The average molecular weight is 491 g/mol. The molecule has 0 fully saturated rings. The molecule has 1 aliphatic carbocycles. The topological polar surface area (TPSA) is 35.5 Å². The molecule has 3 atom stereocenters. The number of para-hydroxylation sites is 2. The zero-order valence-corrected chi connectivity index (χ0v) is 21.1. The molecule has 4 heterocycles. The third-order valence-corrected chi connectivity index (χ3v) is 7.64. The van der Waals surface area contributed by atoms with Gasteiger partial charge in [-0.25, -0.2) is 0 Å². The zero-order chi connectivity index (χ0) is 25.0. The minimum Gasteiger partial charge on any atom is -0.486 e. The van der Waals surface area contributed by atoms with Crippen molar-refractivity contribution in [3.63, 3.8) is 0 Å². The molecule has 2 aromatic heterocycles. The molecule has 0 saturated carbocycles. The van der Waals surface area contributed by atoms with Gasteiger partial charge in [-0.3, -0.25) is 0 Å². The maximum atomic E-state index is 6.78. The zero-order valence-electron chi connectivity index (χ0n) is 21.1. The Kier molecular flexibility index (Phi) is 5.07. The lowest BCUT2D eigenvalue weighted by Gasteiger charge is -2.23. The van der Waals surface area contributed by atoms with Crippen LogP contribution in [0.1, 0.15) is 25.9 Å². The predicted molar refractivity (Wildman–Crippen MR) is 142 cm³/mol. The second-order valence-corrected chi connectivity index (χ2v) is 10.6. The fourth-order valence-electron chi connectivity index (χ4n) is 5.83. The molecule has 0 saturated heterocycles. The maximum Gasteiger partial charge on any atom is 0.263 e. The lowest BCUT2D eigenvalue weighted by atomic mass is 9.93. The quantitative estimate of drug-likeness (QED) is 0.353. The van der Waals surface area contributed by atoms with Gasteiger partial charge in [-0.1, -0.05) is 44.2 Å². The number of hydrogen-bond acceptors (Lipinski definition) is 3. The molecule has 5 heteroatoms. The van der Waals surface area contributed by atoms with Gasteiger partial charge in [0.1, 0.15) is 12.4 Å². The molecular weight excluding hydrogens is 460 g/mol. The molecule has 184 valence electrons. The van der Waals surface area contributed by atoms with E-state index >= 15 is 0 Å². The van der Waals surface area contributed by atoms with Crippen molar-refractivity contribution in [2.75, 3.05) is 13.2 Å². The summed E-state index contributed by atoms with van der Waals surface area (Å²) < 4.78 is 24.4. The monoisotopic (exact) mass is 490 g/mol. The van der Waals surface area contributed by atoms with Crippen LogP contribution < -0.4 is 18.6 Å². The van der Waals surface area contributed by atoms with E-state index in [1.54, 1.807) is 0 Å². The van der Waals surface area contributed by atoms with Gasteiger partial charge in [-0.2, -0.15) is 9.13 Å². The van der Waals surface area contributed by atoms with Crippen LogP contribution in [0.4, 0.5) is 0 Å². The molecule has 7 rings (SSSR count). The molecule has 2 aliphatic heterocycles. The first-order valence-electron chi connectivity index (χ1n) is 12.9. The summed E-state index contributed by atoms with van der Waals surface area (Å²) in [6, 6.07) is 20.9. The third-order valence-electron chi connectivity index (χ3n) is 7.64. The highest BCUT2D eigenvalue weighted by Gasteiger charge is 2.51. The molecule has 0 amide bonds. The molecule has 2 aromatic carbocycles. The Morgan fingerprint density at radius 1 is 0.865 bits per heavy atom. The fourth-order valence-corrected chi connectivity index (χ4v) is 5.83. The highest BCUT2D eigenvalue weighted by atomic mass is 16.5. The predicted octanol–water partition coefficient (Wildman–Crippen LogP) is 5.56. The van der Waals surface area contributed by atoms with Crippen molar-refractivity contribution in [1.29, 1.82) is 0 Å². The largest absolute Gasteiger partial charge is 0.486 e. The van der Waals surface area contributed by atoms with Crippen LogP contribution in [0.2, 0.25) is 0 Å². The highest BCUT2D eigenvalue weighted by molar-refractivity contribution is 5.82. The van der Waals surface area contributed by atoms with Gasteiger partial charge in [0.15, 0.2) is 30.5 Å². The third kappa shape index (κ3) is 3.77. The highest BCUT2D eigenvalue weighted by Crippen LogP contribution is 2.37. The van der Waals surface area contributed by atoms with E-state index in [0.717, 1.165) is 39.1 Å². The van der Waals surface area contributed by atoms with Crippen molar-refractivity contribution in [2.45, 2.75) is 32.0 Å². The Labute approximate surface area is 216 Å². The summed E-state index contributed by atoms with van der Waals surface area (Å²) in [6.45, 7) is 5.32. The Morgan fingerprint density at radius 3 is 2.38 bits per heavy atom. The molecule has 0 spiro atoms. The summed E-state index contributed by atoms with van der Waals surface area (Å²) in [7, 11) is 0. The van der Waals surface area contributed by atoms with E-state index in [9.17, 15) is 0 Å². The Morgan fingerprint density at radius 2 is 1.57 bits per heavy atom. The molecule has 3 unspecified atom stereocenters. The first-order chi connectivity index (χ1) is 18.1. The smallest absolute Gasteiger partial charge is 0.263 e. The number of fused-ring (bicyclic) bond motifs is 2. The van der Waals surface area contributed by atoms with Gasteiger partial charge >= 0.3 is 0 Å². The summed E-state index contributed by atoms with van der Waals surface area (Å²) in [6.07, 6.45) is 14.7. The summed E-state index contributed by atoms with van der Waals surface area (Å²) >= 11 is 0. The van der Waals surface area contributed by atoms with Crippen LogP contribution in [-0.4, -0.2) is 19.3 Å². The number of allylic oxidation sites excluding steroid dienone is 5. The molecule has 0 radical (unpaired) electrons. The van der Waals surface area contributed by atoms with Crippen LogP contribution >= 0.6 is 0 Å². The second-order valence-electron chi connectivity index (χ2n) is 10.6. The van der Waals surface area contributed by atoms with Gasteiger partial charge in [0.05, 0.1) is 10.8 Å². The molecule has 5 nitrogen and oxygen atoms in total. The fraction of sp³-hybridized carbons (Fsp3) is 0.250. The van der Waals surface area contributed by atoms with Crippen molar-refractivity contribution in [3.05, 3.63) is 109 Å². The number of pyridine rings is 2. The van der Waals surface area contributed by atoms with Gasteiger partial charge < -0.3 is 14.2 Å². The van der Waals surface area contributed by atoms with Gasteiger partial charge in [-0.05, 0) is 48.6 Å². The number of aromatic nitrogens is 2. The van der Waals surface area contributed by atoms with Crippen LogP contribution in [0.25, 0.3) is 21.8 Å². The van der Waals surface area contributed by atoms with Crippen molar-refractivity contribution >= 4 is 21.8 Å². The number of rotatable bonds is 3. The van der Waals surface area contributed by atoms with Crippen molar-refractivity contribution in [1.82, 2.24) is 0 Å². The molecule has 3 aliphatic rings. The van der Waals surface area contributed by atoms with E-state index in [1.807, 2.05) is 6.07 Å². The van der Waals surface area contributed by atoms with E-state index in [4.69, 9.17) is 14.2 Å². The number of benzene rings is 2. The first-order valence-corrected chi connectivity index (χ1v) is 12.9. The van der Waals surface area contributed by atoms with E-state index in [0.29, 0.717) is 13.2 Å². The molecule has 0 N–H and O–H groups in total. The van der Waals surface area contributed by atoms with Crippen LogP contribution in [0.3, 0.4) is 0 Å². The lowest BCUT2D eigenvalue weighted by molar-refractivity contribution is -0.796. The number of nitrogens with zero attached hydrogens (tertiary/aromatic N) is 2. The first kappa shape index (κ1) is 22.1. The van der Waals surface area contributed by atoms with Gasteiger partial charge in [0.2, 0.25) is 6.10 Å². The Bertz CT molecular complexity index is 1610. The van der Waals surface area contributed by atoms with Gasteiger partial charge in [0, 0.05) is 17.5 Å². The van der Waals surface area contributed by atoms with Crippen molar-refractivity contribution < 1.29 is 23.3 Å². The van der Waals surface area contributed by atoms with E-state index in [1.165, 1.54) is 0 Å². The molecule has 4 aromatic rings. The summed E-state index contributed by atoms with van der Waals surface area (Å²) in [4.78, 5) is 0. The minimum atomic E-state index is -0.209.